The Balaban J connectivity index is 1.35. The van der Waals surface area contributed by atoms with Crippen LogP contribution in [0.3, 0.4) is 0 Å². The van der Waals surface area contributed by atoms with E-state index >= 15 is 0 Å². The number of aryl methyl sites for hydroxylation is 2. The maximum Gasteiger partial charge on any atom is 0.336 e. The van der Waals surface area contributed by atoms with Crippen molar-refractivity contribution in [3.8, 4) is 11.5 Å². The Morgan fingerprint density at radius 3 is 2.77 bits per heavy atom. The highest BCUT2D eigenvalue weighted by Crippen LogP contribution is 2.36. The molecule has 0 saturated carbocycles. The van der Waals surface area contributed by atoms with Crippen molar-refractivity contribution < 1.29 is 18.3 Å². The van der Waals surface area contributed by atoms with Crippen molar-refractivity contribution in [2.75, 3.05) is 6.61 Å². The molecule has 7 nitrogen and oxygen atoms in total. The zero-order valence-corrected chi connectivity index (χ0v) is 17.2. The fourth-order valence-electron chi connectivity index (χ4n) is 3.33. The van der Waals surface area contributed by atoms with E-state index in [1.54, 1.807) is 0 Å². The summed E-state index contributed by atoms with van der Waals surface area (Å²) < 4.78 is 22.8. The first-order chi connectivity index (χ1) is 14.6. The van der Waals surface area contributed by atoms with Gasteiger partial charge in [-0.05, 0) is 42.7 Å². The van der Waals surface area contributed by atoms with Crippen LogP contribution in [0.1, 0.15) is 28.7 Å². The van der Waals surface area contributed by atoms with E-state index in [1.165, 1.54) is 17.8 Å². The van der Waals surface area contributed by atoms with Gasteiger partial charge in [0, 0.05) is 17.2 Å². The summed E-state index contributed by atoms with van der Waals surface area (Å²) in [7, 11) is 0. The molecule has 30 heavy (non-hydrogen) atoms. The molecule has 2 aromatic carbocycles. The van der Waals surface area contributed by atoms with Crippen molar-refractivity contribution in [3.05, 3.63) is 75.5 Å². The molecule has 152 valence electrons. The Labute approximate surface area is 176 Å². The zero-order valence-electron chi connectivity index (χ0n) is 16.4. The first kappa shape index (κ1) is 18.7. The number of aromatic nitrogens is 2. The lowest BCUT2D eigenvalue weighted by Crippen LogP contribution is -2.21. The van der Waals surface area contributed by atoms with E-state index in [4.69, 9.17) is 18.3 Å². The van der Waals surface area contributed by atoms with Gasteiger partial charge < -0.3 is 18.3 Å². The number of ether oxygens (including phenoxy) is 2. The van der Waals surface area contributed by atoms with E-state index in [0.717, 1.165) is 22.1 Å². The average Bonchev–Trinajstić information content (AvgIpc) is 3.24. The van der Waals surface area contributed by atoms with E-state index in [0.29, 0.717) is 40.6 Å². The van der Waals surface area contributed by atoms with Crippen LogP contribution in [-0.4, -0.2) is 16.8 Å². The van der Waals surface area contributed by atoms with E-state index in [9.17, 15) is 4.79 Å². The second kappa shape index (κ2) is 7.53. The van der Waals surface area contributed by atoms with Crippen molar-refractivity contribution in [2.24, 2.45) is 0 Å². The van der Waals surface area contributed by atoms with Gasteiger partial charge in [-0.2, -0.15) is 0 Å². The lowest BCUT2D eigenvalue weighted by Gasteiger charge is -2.23. The summed E-state index contributed by atoms with van der Waals surface area (Å²) in [6.07, 6.45) is -0.461. The molecule has 4 aromatic rings. The number of rotatable bonds is 4. The van der Waals surface area contributed by atoms with Crippen LogP contribution < -0.4 is 15.1 Å². The standard InChI is InChI=1S/C22H18N2O5S/c1-12-7-8-15-14(9-19(25)28-20(15)13(12)2)11-30-22-24-23-21(29-22)18-10-26-16-5-3-4-6-17(16)27-18/h3-9,18H,10-11H2,1-2H3/t18-/m1/s1. The van der Waals surface area contributed by atoms with Crippen molar-refractivity contribution >= 4 is 22.7 Å². The van der Waals surface area contributed by atoms with Crippen LogP contribution in [0.2, 0.25) is 0 Å². The molecule has 2 aromatic heterocycles. The van der Waals surface area contributed by atoms with Crippen molar-refractivity contribution in [1.29, 1.82) is 0 Å². The second-order valence-corrected chi connectivity index (χ2v) is 7.96. The number of benzene rings is 2. The van der Waals surface area contributed by atoms with Crippen LogP contribution >= 0.6 is 11.8 Å². The highest BCUT2D eigenvalue weighted by atomic mass is 32.2. The van der Waals surface area contributed by atoms with Crippen LogP contribution in [0.5, 0.6) is 11.5 Å². The molecule has 0 radical (unpaired) electrons. The lowest BCUT2D eigenvalue weighted by atomic mass is 10.0. The van der Waals surface area contributed by atoms with Gasteiger partial charge in [0.1, 0.15) is 12.2 Å². The molecule has 0 amide bonds. The van der Waals surface area contributed by atoms with Crippen molar-refractivity contribution in [1.82, 2.24) is 10.2 Å². The second-order valence-electron chi connectivity index (χ2n) is 7.03. The summed E-state index contributed by atoms with van der Waals surface area (Å²) in [5.74, 6) is 2.20. The minimum Gasteiger partial charge on any atom is -0.485 e. The molecule has 8 heteroatoms. The highest BCUT2D eigenvalue weighted by molar-refractivity contribution is 7.98. The largest absolute Gasteiger partial charge is 0.485 e. The Morgan fingerprint density at radius 2 is 1.90 bits per heavy atom. The van der Waals surface area contributed by atoms with E-state index in [-0.39, 0.29) is 5.63 Å². The van der Waals surface area contributed by atoms with Gasteiger partial charge in [0.25, 0.3) is 11.1 Å². The summed E-state index contributed by atoms with van der Waals surface area (Å²) in [5.41, 5.74) is 3.15. The molecular formula is C22H18N2O5S. The van der Waals surface area contributed by atoms with Crippen LogP contribution in [0.25, 0.3) is 11.0 Å². The highest BCUT2D eigenvalue weighted by Gasteiger charge is 2.27. The zero-order chi connectivity index (χ0) is 20.7. The summed E-state index contributed by atoms with van der Waals surface area (Å²) in [4.78, 5) is 12.0. The van der Waals surface area contributed by atoms with Gasteiger partial charge in [-0.25, -0.2) is 4.79 Å². The van der Waals surface area contributed by atoms with Crippen LogP contribution in [0.15, 0.2) is 61.3 Å². The van der Waals surface area contributed by atoms with Gasteiger partial charge in [-0.3, -0.25) is 0 Å². The molecule has 1 aliphatic heterocycles. The molecule has 0 saturated heterocycles. The van der Waals surface area contributed by atoms with E-state index in [1.807, 2.05) is 50.2 Å². The molecule has 0 N–H and O–H groups in total. The van der Waals surface area contributed by atoms with Crippen molar-refractivity contribution in [3.63, 3.8) is 0 Å². The molecule has 0 unspecified atom stereocenters. The molecule has 0 bridgehead atoms. The fourth-order valence-corrected chi connectivity index (χ4v) is 4.09. The first-order valence-electron chi connectivity index (χ1n) is 9.46. The first-order valence-corrected chi connectivity index (χ1v) is 10.4. The van der Waals surface area contributed by atoms with Gasteiger partial charge in [0.2, 0.25) is 6.10 Å². The van der Waals surface area contributed by atoms with Crippen molar-refractivity contribution in [2.45, 2.75) is 30.9 Å². The fraction of sp³-hybridized carbons (Fsp3) is 0.227. The van der Waals surface area contributed by atoms with Gasteiger partial charge in [-0.1, -0.05) is 36.0 Å². The Morgan fingerprint density at radius 1 is 1.07 bits per heavy atom. The molecule has 1 atom stereocenters. The molecule has 0 aliphatic carbocycles. The van der Waals surface area contributed by atoms with Gasteiger partial charge in [0.15, 0.2) is 11.5 Å². The van der Waals surface area contributed by atoms with Gasteiger partial charge in [0.05, 0.1) is 0 Å². The summed E-state index contributed by atoms with van der Waals surface area (Å²) in [5, 5.41) is 9.52. The summed E-state index contributed by atoms with van der Waals surface area (Å²) >= 11 is 1.36. The van der Waals surface area contributed by atoms with Crippen LogP contribution in [0.4, 0.5) is 0 Å². The predicted octanol–water partition coefficient (Wildman–Crippen LogP) is 4.60. The summed E-state index contributed by atoms with van der Waals surface area (Å²) in [6.45, 7) is 4.24. The maximum absolute atomic E-state index is 12.0. The minimum atomic E-state index is -0.461. The minimum absolute atomic E-state index is 0.298. The number of nitrogens with zero attached hydrogens (tertiary/aromatic N) is 2. The quantitative estimate of drug-likeness (QED) is 0.348. The molecule has 0 fully saturated rings. The smallest absolute Gasteiger partial charge is 0.336 e. The molecule has 3 heterocycles. The predicted molar refractivity (Wildman–Crippen MR) is 111 cm³/mol. The molecule has 1 aliphatic rings. The third kappa shape index (κ3) is 3.43. The Kier molecular flexibility index (Phi) is 4.71. The average molecular weight is 422 g/mol. The summed E-state index contributed by atoms with van der Waals surface area (Å²) in [6, 6.07) is 13.0. The Hall–Kier alpha value is -3.26. The number of hydrogen-bond acceptors (Lipinski definition) is 8. The Bertz CT molecular complexity index is 1300. The van der Waals surface area contributed by atoms with Crippen LogP contribution in [0, 0.1) is 13.8 Å². The van der Waals surface area contributed by atoms with Gasteiger partial charge in [-0.15, -0.1) is 10.2 Å². The maximum atomic E-state index is 12.0. The molecular weight excluding hydrogens is 404 g/mol. The number of hydrogen-bond donors (Lipinski definition) is 0. The van der Waals surface area contributed by atoms with Gasteiger partial charge >= 0.3 is 5.63 Å². The number of thioether (sulfide) groups is 1. The number of para-hydroxylation sites is 2. The monoisotopic (exact) mass is 422 g/mol. The third-order valence-corrected chi connectivity index (χ3v) is 5.94. The third-order valence-electron chi connectivity index (χ3n) is 5.07. The van der Waals surface area contributed by atoms with E-state index in [2.05, 4.69) is 10.2 Å². The van der Waals surface area contributed by atoms with Crippen LogP contribution in [-0.2, 0) is 5.75 Å². The molecule has 5 rings (SSSR count). The normalized spacial score (nSPS) is 15.5. The SMILES string of the molecule is Cc1ccc2c(CSc3nnc([C@H]4COc5ccccc5O4)o3)cc(=O)oc2c1C. The number of fused-ring (bicyclic) bond motifs is 2. The van der Waals surface area contributed by atoms with E-state index < -0.39 is 6.10 Å². The lowest BCUT2D eigenvalue weighted by molar-refractivity contribution is 0.0686. The molecule has 0 spiro atoms. The topological polar surface area (TPSA) is 87.6 Å².